The van der Waals surface area contributed by atoms with Crippen molar-refractivity contribution in [3.63, 3.8) is 0 Å². The summed E-state index contributed by atoms with van der Waals surface area (Å²) < 4.78 is 14.5. The molecule has 1 aliphatic rings. The van der Waals surface area contributed by atoms with Crippen molar-refractivity contribution in [2.45, 2.75) is 39.0 Å². The summed E-state index contributed by atoms with van der Waals surface area (Å²) in [6, 6.07) is 15.0. The molecule has 2 heterocycles. The summed E-state index contributed by atoms with van der Waals surface area (Å²) in [6.07, 6.45) is 0. The Morgan fingerprint density at radius 2 is 1.76 bits per heavy atom. The van der Waals surface area contributed by atoms with Gasteiger partial charge in [0.15, 0.2) is 5.69 Å². The Morgan fingerprint density at radius 1 is 1.06 bits per heavy atom. The van der Waals surface area contributed by atoms with Crippen molar-refractivity contribution in [3.05, 3.63) is 88.5 Å². The zero-order chi connectivity index (χ0) is 24.5. The summed E-state index contributed by atoms with van der Waals surface area (Å²) in [5, 5.41) is 9.93. The lowest BCUT2D eigenvalue weighted by atomic mass is 9.96. The molecule has 1 aliphatic heterocycles. The van der Waals surface area contributed by atoms with Crippen molar-refractivity contribution in [1.29, 1.82) is 0 Å². The molecular weight excluding hydrogens is 437 g/mol. The predicted octanol–water partition coefficient (Wildman–Crippen LogP) is 2.42. The lowest BCUT2D eigenvalue weighted by Crippen LogP contribution is -2.62. The third kappa shape index (κ3) is 4.54. The van der Waals surface area contributed by atoms with E-state index in [0.717, 1.165) is 16.7 Å². The SMILES string of the molecule is Cc1cccc(CNC(=O)c2cc3n(n2)C[C@](C)(C(=O)NCc2ccc(F)cc2)N(C)C3=O)c1. The zero-order valence-corrected chi connectivity index (χ0v) is 19.3. The Labute approximate surface area is 196 Å². The fraction of sp³-hybridized carbons (Fsp3) is 0.280. The van der Waals surface area contributed by atoms with Crippen LogP contribution >= 0.6 is 0 Å². The molecule has 34 heavy (non-hydrogen) atoms. The molecular formula is C25H26FN5O3. The Morgan fingerprint density at radius 3 is 2.47 bits per heavy atom. The lowest BCUT2D eigenvalue weighted by Gasteiger charge is -2.40. The first-order valence-electron chi connectivity index (χ1n) is 10.9. The Balaban J connectivity index is 1.46. The highest BCUT2D eigenvalue weighted by Crippen LogP contribution is 2.26. The van der Waals surface area contributed by atoms with E-state index in [4.69, 9.17) is 0 Å². The van der Waals surface area contributed by atoms with Crippen LogP contribution in [-0.2, 0) is 24.4 Å². The summed E-state index contributed by atoms with van der Waals surface area (Å²) in [6.45, 7) is 4.23. The molecule has 3 amide bonds. The van der Waals surface area contributed by atoms with E-state index in [1.807, 2.05) is 31.2 Å². The number of halogens is 1. The van der Waals surface area contributed by atoms with Crippen LogP contribution in [0.4, 0.5) is 4.39 Å². The van der Waals surface area contributed by atoms with E-state index in [1.54, 1.807) is 26.1 Å². The monoisotopic (exact) mass is 463 g/mol. The summed E-state index contributed by atoms with van der Waals surface area (Å²) >= 11 is 0. The van der Waals surface area contributed by atoms with E-state index >= 15 is 0 Å². The van der Waals surface area contributed by atoms with Gasteiger partial charge in [0.25, 0.3) is 11.8 Å². The number of rotatable bonds is 6. The van der Waals surface area contributed by atoms with Gasteiger partial charge in [-0.1, -0.05) is 42.0 Å². The van der Waals surface area contributed by atoms with Crippen LogP contribution in [0, 0.1) is 12.7 Å². The molecule has 0 saturated carbocycles. The molecule has 176 valence electrons. The second kappa shape index (κ2) is 9.09. The molecule has 0 fully saturated rings. The van der Waals surface area contributed by atoms with Gasteiger partial charge >= 0.3 is 0 Å². The van der Waals surface area contributed by atoms with E-state index in [-0.39, 0.29) is 36.2 Å². The molecule has 0 spiro atoms. The predicted molar refractivity (Wildman–Crippen MR) is 123 cm³/mol. The number of hydrogen-bond acceptors (Lipinski definition) is 4. The highest BCUT2D eigenvalue weighted by molar-refractivity contribution is 6.01. The Bertz CT molecular complexity index is 1250. The molecule has 2 N–H and O–H groups in total. The normalized spacial score (nSPS) is 17.3. The molecule has 3 aromatic rings. The van der Waals surface area contributed by atoms with Crippen LogP contribution in [0.3, 0.4) is 0 Å². The number of hydrogen-bond donors (Lipinski definition) is 2. The Hall–Kier alpha value is -4.01. The molecule has 0 bridgehead atoms. The number of fused-ring (bicyclic) bond motifs is 1. The number of carbonyl (C=O) groups excluding carboxylic acids is 3. The smallest absolute Gasteiger partial charge is 0.272 e. The van der Waals surface area contributed by atoms with Crippen molar-refractivity contribution < 1.29 is 18.8 Å². The van der Waals surface area contributed by atoms with E-state index in [0.29, 0.717) is 6.54 Å². The highest BCUT2D eigenvalue weighted by Gasteiger charge is 2.46. The van der Waals surface area contributed by atoms with Crippen LogP contribution in [-0.4, -0.2) is 45.0 Å². The molecule has 1 aromatic heterocycles. The minimum absolute atomic E-state index is 0.0883. The van der Waals surface area contributed by atoms with Crippen molar-refractivity contribution in [2.75, 3.05) is 7.05 Å². The molecule has 0 saturated heterocycles. The summed E-state index contributed by atoms with van der Waals surface area (Å²) in [5.74, 6) is -1.54. The van der Waals surface area contributed by atoms with Crippen LogP contribution in [0.15, 0.2) is 54.6 Å². The topological polar surface area (TPSA) is 96.3 Å². The molecule has 1 atom stereocenters. The second-order valence-electron chi connectivity index (χ2n) is 8.69. The summed E-state index contributed by atoms with van der Waals surface area (Å²) in [5.41, 5.74) is 1.92. The standard InChI is InChI=1S/C25H26FN5O3/c1-16-5-4-6-18(11-16)14-27-22(32)20-12-21-23(33)30(3)25(2,15-31(21)29-20)24(34)28-13-17-7-9-19(26)10-8-17/h4-12H,13-15H2,1-3H3,(H,27,32)(H,28,34)/t25-/m1/s1. The minimum atomic E-state index is -1.22. The first-order valence-corrected chi connectivity index (χ1v) is 10.9. The first-order chi connectivity index (χ1) is 16.2. The van der Waals surface area contributed by atoms with E-state index in [9.17, 15) is 18.8 Å². The van der Waals surface area contributed by atoms with Crippen LogP contribution < -0.4 is 10.6 Å². The van der Waals surface area contributed by atoms with E-state index in [1.165, 1.54) is 27.8 Å². The molecule has 2 aromatic carbocycles. The van der Waals surface area contributed by atoms with Crippen LogP contribution in [0.25, 0.3) is 0 Å². The van der Waals surface area contributed by atoms with Gasteiger partial charge in [0, 0.05) is 26.2 Å². The third-order valence-corrected chi connectivity index (χ3v) is 6.13. The number of nitrogens with one attached hydrogen (secondary N) is 2. The molecule has 9 heteroatoms. The van der Waals surface area contributed by atoms with Gasteiger partial charge in [0.1, 0.15) is 17.1 Å². The van der Waals surface area contributed by atoms with Crippen LogP contribution in [0.2, 0.25) is 0 Å². The van der Waals surface area contributed by atoms with Crippen LogP contribution in [0.5, 0.6) is 0 Å². The second-order valence-corrected chi connectivity index (χ2v) is 8.69. The van der Waals surface area contributed by atoms with Gasteiger partial charge in [-0.2, -0.15) is 5.10 Å². The van der Waals surface area contributed by atoms with Gasteiger partial charge in [0.2, 0.25) is 5.91 Å². The average molecular weight is 464 g/mol. The van der Waals surface area contributed by atoms with E-state index < -0.39 is 17.4 Å². The van der Waals surface area contributed by atoms with Gasteiger partial charge in [-0.3, -0.25) is 19.1 Å². The van der Waals surface area contributed by atoms with Crippen molar-refractivity contribution in [2.24, 2.45) is 0 Å². The molecule has 0 aliphatic carbocycles. The van der Waals surface area contributed by atoms with Crippen molar-refractivity contribution in [1.82, 2.24) is 25.3 Å². The maximum atomic E-state index is 13.1. The zero-order valence-electron chi connectivity index (χ0n) is 19.3. The van der Waals surface area contributed by atoms with Gasteiger partial charge in [-0.25, -0.2) is 4.39 Å². The van der Waals surface area contributed by atoms with Gasteiger partial charge in [0.05, 0.1) is 6.54 Å². The number of likely N-dealkylation sites (N-methyl/N-ethyl adjacent to an activating group) is 1. The molecule has 4 rings (SSSR count). The number of aryl methyl sites for hydroxylation is 1. The summed E-state index contributed by atoms with van der Waals surface area (Å²) in [4.78, 5) is 40.1. The molecule has 0 radical (unpaired) electrons. The lowest BCUT2D eigenvalue weighted by molar-refractivity contribution is -0.132. The molecule has 8 nitrogen and oxygen atoms in total. The number of amides is 3. The maximum Gasteiger partial charge on any atom is 0.272 e. The third-order valence-electron chi connectivity index (χ3n) is 6.13. The fourth-order valence-corrected chi connectivity index (χ4v) is 3.91. The quantitative estimate of drug-likeness (QED) is 0.587. The summed E-state index contributed by atoms with van der Waals surface area (Å²) in [7, 11) is 1.55. The minimum Gasteiger partial charge on any atom is -0.350 e. The van der Waals surface area contributed by atoms with Crippen molar-refractivity contribution in [3.8, 4) is 0 Å². The largest absolute Gasteiger partial charge is 0.350 e. The van der Waals surface area contributed by atoms with E-state index in [2.05, 4.69) is 15.7 Å². The first kappa shape index (κ1) is 23.2. The number of aromatic nitrogens is 2. The fourth-order valence-electron chi connectivity index (χ4n) is 3.91. The number of benzene rings is 2. The van der Waals surface area contributed by atoms with Gasteiger partial charge in [-0.15, -0.1) is 0 Å². The number of nitrogens with zero attached hydrogens (tertiary/aromatic N) is 3. The average Bonchev–Trinajstić information content (AvgIpc) is 3.24. The molecule has 0 unspecified atom stereocenters. The van der Waals surface area contributed by atoms with Gasteiger partial charge in [-0.05, 0) is 37.1 Å². The van der Waals surface area contributed by atoms with Crippen molar-refractivity contribution >= 4 is 17.7 Å². The maximum absolute atomic E-state index is 13.1. The van der Waals surface area contributed by atoms with Crippen LogP contribution in [0.1, 0.15) is 44.6 Å². The Kier molecular flexibility index (Phi) is 6.19. The highest BCUT2D eigenvalue weighted by atomic mass is 19.1. The van der Waals surface area contributed by atoms with Gasteiger partial charge < -0.3 is 15.5 Å². The number of carbonyl (C=O) groups is 3.